The highest BCUT2D eigenvalue weighted by atomic mass is 16.4. The highest BCUT2D eigenvalue weighted by Gasteiger charge is 1.98. The summed E-state index contributed by atoms with van der Waals surface area (Å²) in [4.78, 5) is 10.4. The van der Waals surface area contributed by atoms with Crippen LogP contribution < -0.4 is 0 Å². The Balaban J connectivity index is 3.01. The lowest BCUT2D eigenvalue weighted by atomic mass is 10.0. The number of carboxylic acid groups (broad SMARTS) is 1. The minimum atomic E-state index is -0.648. The van der Waals surface area contributed by atoms with Crippen molar-refractivity contribution in [2.24, 2.45) is 0 Å². The van der Waals surface area contributed by atoms with Crippen LogP contribution in [-0.4, -0.2) is 11.1 Å². The fourth-order valence-electron chi connectivity index (χ4n) is 4.95. The number of unbranched alkanes of at least 4 members (excludes halogenated alkanes) is 27. The molecular formula is C31H62O2. The van der Waals surface area contributed by atoms with Crippen molar-refractivity contribution in [2.45, 2.75) is 193 Å². The monoisotopic (exact) mass is 466 g/mol. The number of hydrogen-bond donors (Lipinski definition) is 1. The van der Waals surface area contributed by atoms with Crippen LogP contribution >= 0.6 is 0 Å². The molecule has 2 nitrogen and oxygen atoms in total. The van der Waals surface area contributed by atoms with Crippen molar-refractivity contribution < 1.29 is 9.90 Å². The third kappa shape index (κ3) is 31.5. The smallest absolute Gasteiger partial charge is 0.303 e. The van der Waals surface area contributed by atoms with E-state index in [4.69, 9.17) is 5.11 Å². The van der Waals surface area contributed by atoms with Crippen molar-refractivity contribution in [3.8, 4) is 0 Å². The summed E-state index contributed by atoms with van der Waals surface area (Å²) in [6.07, 6.45) is 39.5. The summed E-state index contributed by atoms with van der Waals surface area (Å²) < 4.78 is 0. The predicted molar refractivity (Wildman–Crippen MR) is 147 cm³/mol. The van der Waals surface area contributed by atoms with Gasteiger partial charge in [0, 0.05) is 6.42 Å². The standard InChI is InChI=1S/C31H62O2/c1-2-3-4-5-6-7-8-9-10-11-12-13-14-15-16-17-18-19-20-21-22-23-24-25-26-27-28-29-30-31(32)33/h2-30H2,1H3,(H,32,33). The van der Waals surface area contributed by atoms with Gasteiger partial charge in [-0.1, -0.05) is 180 Å². The molecule has 0 aliphatic carbocycles. The van der Waals surface area contributed by atoms with Crippen LogP contribution in [0, 0.1) is 0 Å². The molecule has 0 spiro atoms. The lowest BCUT2D eigenvalue weighted by Gasteiger charge is -2.04. The largest absolute Gasteiger partial charge is 0.481 e. The molecule has 0 bridgehead atoms. The minimum Gasteiger partial charge on any atom is -0.481 e. The summed E-state index contributed by atoms with van der Waals surface area (Å²) in [7, 11) is 0. The SMILES string of the molecule is CCCCCCCCCCCCCCCCCCCCCCCCCCCCCCC(=O)O. The van der Waals surface area contributed by atoms with Crippen LogP contribution in [0.15, 0.2) is 0 Å². The van der Waals surface area contributed by atoms with Crippen molar-refractivity contribution in [1.29, 1.82) is 0 Å². The molecule has 0 rings (SSSR count). The Morgan fingerprint density at radius 2 is 0.545 bits per heavy atom. The maximum atomic E-state index is 10.4. The Hall–Kier alpha value is -0.530. The van der Waals surface area contributed by atoms with Gasteiger partial charge in [-0.15, -0.1) is 0 Å². The van der Waals surface area contributed by atoms with E-state index in [0.29, 0.717) is 6.42 Å². The molecule has 0 unspecified atom stereocenters. The second kappa shape index (κ2) is 29.5. The van der Waals surface area contributed by atoms with E-state index in [9.17, 15) is 4.79 Å². The molecular weight excluding hydrogens is 404 g/mol. The van der Waals surface area contributed by atoms with Gasteiger partial charge in [0.1, 0.15) is 0 Å². The lowest BCUT2D eigenvalue weighted by Crippen LogP contribution is -1.93. The second-order valence-electron chi connectivity index (χ2n) is 10.7. The van der Waals surface area contributed by atoms with Gasteiger partial charge in [-0.25, -0.2) is 0 Å². The van der Waals surface area contributed by atoms with Crippen molar-refractivity contribution in [3.05, 3.63) is 0 Å². The van der Waals surface area contributed by atoms with E-state index >= 15 is 0 Å². The summed E-state index contributed by atoms with van der Waals surface area (Å²) in [6, 6.07) is 0. The molecule has 0 aromatic carbocycles. The molecule has 0 fully saturated rings. The van der Waals surface area contributed by atoms with Crippen LogP contribution in [0.5, 0.6) is 0 Å². The van der Waals surface area contributed by atoms with Crippen LogP contribution in [0.3, 0.4) is 0 Å². The van der Waals surface area contributed by atoms with E-state index in [1.807, 2.05) is 0 Å². The summed E-state index contributed by atoms with van der Waals surface area (Å²) in [5, 5.41) is 8.61. The fourth-order valence-corrected chi connectivity index (χ4v) is 4.95. The van der Waals surface area contributed by atoms with E-state index < -0.39 is 5.97 Å². The van der Waals surface area contributed by atoms with Crippen LogP contribution in [-0.2, 0) is 4.79 Å². The quantitative estimate of drug-likeness (QED) is 0.111. The summed E-state index contributed by atoms with van der Waals surface area (Å²) in [6.45, 7) is 2.30. The van der Waals surface area contributed by atoms with Gasteiger partial charge >= 0.3 is 5.97 Å². The van der Waals surface area contributed by atoms with Crippen molar-refractivity contribution in [2.75, 3.05) is 0 Å². The van der Waals surface area contributed by atoms with Crippen molar-refractivity contribution in [3.63, 3.8) is 0 Å². The van der Waals surface area contributed by atoms with Crippen LogP contribution in [0.4, 0.5) is 0 Å². The topological polar surface area (TPSA) is 37.3 Å². The normalized spacial score (nSPS) is 11.3. The van der Waals surface area contributed by atoms with E-state index in [-0.39, 0.29) is 0 Å². The molecule has 0 radical (unpaired) electrons. The molecule has 2 heteroatoms. The van der Waals surface area contributed by atoms with Crippen LogP contribution in [0.25, 0.3) is 0 Å². The zero-order chi connectivity index (χ0) is 24.1. The zero-order valence-electron chi connectivity index (χ0n) is 22.9. The first kappa shape index (κ1) is 32.5. The van der Waals surface area contributed by atoms with E-state index in [1.54, 1.807) is 0 Å². The number of rotatable bonds is 29. The summed E-state index contributed by atoms with van der Waals surface area (Å²) in [5.41, 5.74) is 0. The van der Waals surface area contributed by atoms with Crippen LogP contribution in [0.2, 0.25) is 0 Å². The van der Waals surface area contributed by atoms with E-state index in [2.05, 4.69) is 6.92 Å². The molecule has 33 heavy (non-hydrogen) atoms. The van der Waals surface area contributed by atoms with Crippen molar-refractivity contribution >= 4 is 5.97 Å². The highest BCUT2D eigenvalue weighted by molar-refractivity contribution is 5.66. The average molecular weight is 467 g/mol. The Bertz CT molecular complexity index is 366. The molecule has 198 valence electrons. The maximum absolute atomic E-state index is 10.4. The van der Waals surface area contributed by atoms with E-state index in [1.165, 1.54) is 167 Å². The third-order valence-electron chi connectivity index (χ3n) is 7.24. The first-order valence-corrected chi connectivity index (χ1v) is 15.5. The van der Waals surface area contributed by atoms with Gasteiger partial charge in [-0.3, -0.25) is 4.79 Å². The Morgan fingerprint density at radius 1 is 0.364 bits per heavy atom. The van der Waals surface area contributed by atoms with Gasteiger partial charge in [0.15, 0.2) is 0 Å². The van der Waals surface area contributed by atoms with Gasteiger partial charge in [0.05, 0.1) is 0 Å². The van der Waals surface area contributed by atoms with Crippen molar-refractivity contribution in [1.82, 2.24) is 0 Å². The molecule has 1 N–H and O–H groups in total. The number of carbonyl (C=O) groups is 1. The predicted octanol–water partition coefficient (Wildman–Crippen LogP) is 11.4. The van der Waals surface area contributed by atoms with Gasteiger partial charge in [0.2, 0.25) is 0 Å². The van der Waals surface area contributed by atoms with Gasteiger partial charge in [-0.2, -0.15) is 0 Å². The van der Waals surface area contributed by atoms with Gasteiger partial charge in [0.25, 0.3) is 0 Å². The van der Waals surface area contributed by atoms with Crippen LogP contribution in [0.1, 0.15) is 193 Å². The first-order valence-electron chi connectivity index (χ1n) is 15.5. The molecule has 0 aliphatic heterocycles. The highest BCUT2D eigenvalue weighted by Crippen LogP contribution is 2.16. The molecule has 0 saturated carbocycles. The number of aliphatic carboxylic acids is 1. The summed E-state index contributed by atoms with van der Waals surface area (Å²) in [5.74, 6) is -0.648. The third-order valence-corrected chi connectivity index (χ3v) is 7.24. The Morgan fingerprint density at radius 3 is 0.727 bits per heavy atom. The average Bonchev–Trinajstić information content (AvgIpc) is 2.80. The van der Waals surface area contributed by atoms with Gasteiger partial charge in [-0.05, 0) is 6.42 Å². The molecule has 0 aliphatic rings. The Labute approximate surface area is 209 Å². The Kier molecular flexibility index (Phi) is 29.0. The zero-order valence-corrected chi connectivity index (χ0v) is 22.9. The minimum absolute atomic E-state index is 0.347. The second-order valence-corrected chi connectivity index (χ2v) is 10.7. The first-order chi connectivity index (χ1) is 16.3. The summed E-state index contributed by atoms with van der Waals surface area (Å²) >= 11 is 0. The molecule has 0 amide bonds. The molecule has 0 aromatic heterocycles. The molecule has 0 aromatic rings. The maximum Gasteiger partial charge on any atom is 0.303 e. The fraction of sp³-hybridized carbons (Fsp3) is 0.968. The molecule has 0 heterocycles. The molecule has 0 atom stereocenters. The number of carboxylic acids is 1. The number of hydrogen-bond acceptors (Lipinski definition) is 1. The molecule has 0 saturated heterocycles. The van der Waals surface area contributed by atoms with Gasteiger partial charge < -0.3 is 5.11 Å². The lowest BCUT2D eigenvalue weighted by molar-refractivity contribution is -0.137. The van der Waals surface area contributed by atoms with E-state index in [0.717, 1.165) is 12.8 Å².